The van der Waals surface area contributed by atoms with Gasteiger partial charge in [-0.2, -0.15) is 0 Å². The first-order valence-corrected chi connectivity index (χ1v) is 18.5. The molecule has 1 aliphatic carbocycles. The monoisotopic (exact) mass is 690 g/mol. The second kappa shape index (κ2) is 11.5. The second-order valence-corrected chi connectivity index (χ2v) is 14.9. The van der Waals surface area contributed by atoms with Crippen LogP contribution in [-0.4, -0.2) is 19.5 Å². The molecule has 54 heavy (non-hydrogen) atoms. The molecule has 0 amide bonds. The van der Waals surface area contributed by atoms with Crippen LogP contribution in [0.25, 0.3) is 94.3 Å². The van der Waals surface area contributed by atoms with E-state index in [1.807, 2.05) is 18.2 Å². The van der Waals surface area contributed by atoms with Crippen LogP contribution in [0.4, 0.5) is 0 Å². The maximum Gasteiger partial charge on any atom is 0.164 e. The van der Waals surface area contributed by atoms with Gasteiger partial charge in [0.25, 0.3) is 0 Å². The Morgan fingerprint density at radius 1 is 0.389 bits per heavy atom. The Bertz CT molecular complexity index is 3140. The lowest BCUT2D eigenvalue weighted by Gasteiger charge is -2.21. The standard InChI is InChI=1S/C50H34N4/c1-50(2)42-20-10-8-18-37(42)38-26-25-36(29-43(38)50)49-52-47(32-13-4-3-5-14-32)51-48(53-49)35-24-23-31-17-12-22-45(40(31)28-35)54-44-21-11-9-19-39(44)41-27-33-15-6-7-16-34(33)30-46(41)54/h3-30H,1-2H3. The molecule has 254 valence electrons. The number of fused-ring (bicyclic) bond motifs is 8. The van der Waals surface area contributed by atoms with E-state index in [1.165, 1.54) is 54.8 Å². The summed E-state index contributed by atoms with van der Waals surface area (Å²) in [7, 11) is 0. The number of hydrogen-bond donors (Lipinski definition) is 0. The maximum atomic E-state index is 5.23. The van der Waals surface area contributed by atoms with Crippen molar-refractivity contribution < 1.29 is 0 Å². The number of rotatable bonds is 4. The fraction of sp³-hybridized carbons (Fsp3) is 0.0600. The number of para-hydroxylation sites is 1. The van der Waals surface area contributed by atoms with Gasteiger partial charge in [0.15, 0.2) is 17.5 Å². The average Bonchev–Trinajstić information content (AvgIpc) is 3.66. The summed E-state index contributed by atoms with van der Waals surface area (Å²) in [5.41, 5.74) is 11.4. The minimum atomic E-state index is -0.131. The van der Waals surface area contributed by atoms with Crippen molar-refractivity contribution in [2.24, 2.45) is 0 Å². The Kier molecular flexibility index (Phi) is 6.56. The molecule has 0 saturated carbocycles. The van der Waals surface area contributed by atoms with Crippen molar-refractivity contribution in [3.8, 4) is 51.0 Å². The van der Waals surface area contributed by atoms with Crippen molar-refractivity contribution in [3.05, 3.63) is 181 Å². The van der Waals surface area contributed by atoms with Crippen LogP contribution in [0.3, 0.4) is 0 Å². The highest BCUT2D eigenvalue weighted by molar-refractivity contribution is 6.14. The molecular formula is C50H34N4. The molecule has 0 saturated heterocycles. The molecule has 0 fully saturated rings. The van der Waals surface area contributed by atoms with Crippen LogP contribution in [0.15, 0.2) is 170 Å². The van der Waals surface area contributed by atoms with E-state index in [9.17, 15) is 0 Å². The van der Waals surface area contributed by atoms with E-state index in [-0.39, 0.29) is 5.41 Å². The first-order chi connectivity index (χ1) is 26.5. The summed E-state index contributed by atoms with van der Waals surface area (Å²) in [6, 6.07) is 60.8. The van der Waals surface area contributed by atoms with Crippen molar-refractivity contribution in [3.63, 3.8) is 0 Å². The van der Waals surface area contributed by atoms with Gasteiger partial charge in [-0.05, 0) is 74.8 Å². The lowest BCUT2D eigenvalue weighted by Crippen LogP contribution is -2.15. The van der Waals surface area contributed by atoms with Gasteiger partial charge in [0.2, 0.25) is 0 Å². The molecule has 0 bridgehead atoms. The smallest absolute Gasteiger partial charge is 0.164 e. The number of aromatic nitrogens is 4. The van der Waals surface area contributed by atoms with Crippen LogP contribution in [0.5, 0.6) is 0 Å². The zero-order chi connectivity index (χ0) is 36.0. The van der Waals surface area contributed by atoms with Gasteiger partial charge < -0.3 is 4.57 Å². The summed E-state index contributed by atoms with van der Waals surface area (Å²) in [4.78, 5) is 15.5. The van der Waals surface area contributed by atoms with Gasteiger partial charge in [0.1, 0.15) is 0 Å². The zero-order valence-electron chi connectivity index (χ0n) is 30.0. The Labute approximate surface area is 313 Å². The molecular weight excluding hydrogens is 657 g/mol. The van der Waals surface area contributed by atoms with E-state index in [0.717, 1.165) is 33.2 Å². The second-order valence-electron chi connectivity index (χ2n) is 14.9. The number of benzene rings is 8. The highest BCUT2D eigenvalue weighted by atomic mass is 15.0. The molecule has 1 aliphatic rings. The Morgan fingerprint density at radius 3 is 1.85 bits per heavy atom. The summed E-state index contributed by atoms with van der Waals surface area (Å²) in [5.74, 6) is 1.96. The van der Waals surface area contributed by atoms with Crippen LogP contribution < -0.4 is 0 Å². The number of hydrogen-bond acceptors (Lipinski definition) is 3. The fourth-order valence-corrected chi connectivity index (χ4v) is 8.70. The molecule has 0 spiro atoms. The topological polar surface area (TPSA) is 43.6 Å². The van der Waals surface area contributed by atoms with E-state index >= 15 is 0 Å². The predicted octanol–water partition coefficient (Wildman–Crippen LogP) is 12.6. The molecule has 0 radical (unpaired) electrons. The lowest BCUT2D eigenvalue weighted by molar-refractivity contribution is 0.660. The van der Waals surface area contributed by atoms with Gasteiger partial charge in [0, 0.05) is 38.3 Å². The molecule has 0 N–H and O–H groups in total. The van der Waals surface area contributed by atoms with Crippen LogP contribution in [0.1, 0.15) is 25.0 Å². The summed E-state index contributed by atoms with van der Waals surface area (Å²) in [5, 5.41) is 7.23. The number of nitrogens with zero attached hydrogens (tertiary/aromatic N) is 4. The van der Waals surface area contributed by atoms with Crippen LogP contribution in [0, 0.1) is 0 Å². The minimum absolute atomic E-state index is 0.131. The molecule has 10 aromatic rings. The largest absolute Gasteiger partial charge is 0.309 e. The zero-order valence-corrected chi connectivity index (χ0v) is 30.0. The van der Waals surface area contributed by atoms with Gasteiger partial charge in [-0.3, -0.25) is 0 Å². The van der Waals surface area contributed by atoms with Gasteiger partial charge in [0.05, 0.1) is 16.7 Å². The quantitative estimate of drug-likeness (QED) is 0.185. The van der Waals surface area contributed by atoms with E-state index < -0.39 is 0 Å². The molecule has 0 unspecified atom stereocenters. The summed E-state index contributed by atoms with van der Waals surface area (Å²) in [6.45, 7) is 4.62. The average molecular weight is 691 g/mol. The molecule has 2 aromatic heterocycles. The SMILES string of the molecule is CC1(C)c2ccccc2-c2ccc(-c3nc(-c4ccccc4)nc(-c4ccc5cccc(-n6c7ccccc7c7cc8ccccc8cc76)c5c4)n3)cc21. The normalized spacial score (nSPS) is 13.1. The molecule has 2 heterocycles. The lowest BCUT2D eigenvalue weighted by atomic mass is 9.82. The third-order valence-corrected chi connectivity index (χ3v) is 11.4. The molecule has 8 aromatic carbocycles. The molecule has 0 aliphatic heterocycles. The Morgan fingerprint density at radius 2 is 1.02 bits per heavy atom. The third kappa shape index (κ3) is 4.60. The van der Waals surface area contributed by atoms with Crippen LogP contribution in [0.2, 0.25) is 0 Å². The first kappa shape index (κ1) is 30.7. The van der Waals surface area contributed by atoms with E-state index in [1.54, 1.807) is 0 Å². The minimum Gasteiger partial charge on any atom is -0.309 e. The van der Waals surface area contributed by atoms with Crippen molar-refractivity contribution in [1.29, 1.82) is 0 Å². The summed E-state index contributed by atoms with van der Waals surface area (Å²) in [6.07, 6.45) is 0. The maximum absolute atomic E-state index is 5.23. The van der Waals surface area contributed by atoms with Crippen molar-refractivity contribution in [1.82, 2.24) is 19.5 Å². The molecule has 0 atom stereocenters. The van der Waals surface area contributed by atoms with E-state index in [0.29, 0.717) is 17.5 Å². The highest BCUT2D eigenvalue weighted by Gasteiger charge is 2.35. The predicted molar refractivity (Wildman–Crippen MR) is 223 cm³/mol. The summed E-state index contributed by atoms with van der Waals surface area (Å²) >= 11 is 0. The molecule has 11 rings (SSSR count). The van der Waals surface area contributed by atoms with Crippen LogP contribution in [-0.2, 0) is 5.41 Å². The molecule has 4 nitrogen and oxygen atoms in total. The van der Waals surface area contributed by atoms with Crippen LogP contribution >= 0.6 is 0 Å². The van der Waals surface area contributed by atoms with Crippen molar-refractivity contribution >= 4 is 43.4 Å². The van der Waals surface area contributed by atoms with E-state index in [4.69, 9.17) is 15.0 Å². The summed E-state index contributed by atoms with van der Waals surface area (Å²) < 4.78 is 2.42. The fourth-order valence-electron chi connectivity index (χ4n) is 8.70. The van der Waals surface area contributed by atoms with E-state index in [2.05, 4.69) is 170 Å². The van der Waals surface area contributed by atoms with Crippen molar-refractivity contribution in [2.75, 3.05) is 0 Å². The highest BCUT2D eigenvalue weighted by Crippen LogP contribution is 2.49. The van der Waals surface area contributed by atoms with Gasteiger partial charge in [-0.25, -0.2) is 15.0 Å². The van der Waals surface area contributed by atoms with Crippen molar-refractivity contribution in [2.45, 2.75) is 19.3 Å². The van der Waals surface area contributed by atoms with Gasteiger partial charge in [-0.1, -0.05) is 147 Å². The van der Waals surface area contributed by atoms with Gasteiger partial charge in [-0.15, -0.1) is 0 Å². The first-order valence-electron chi connectivity index (χ1n) is 18.5. The molecule has 4 heteroatoms. The third-order valence-electron chi connectivity index (χ3n) is 11.4. The van der Waals surface area contributed by atoms with Gasteiger partial charge >= 0.3 is 0 Å². The Balaban J connectivity index is 1.12. The Hall–Kier alpha value is -6.91.